The molecule has 0 bridgehead atoms. The van der Waals surface area contributed by atoms with E-state index in [9.17, 15) is 13.2 Å². The number of thioether (sulfide) groups is 1. The van der Waals surface area contributed by atoms with Crippen LogP contribution in [0.25, 0.3) is 0 Å². The summed E-state index contributed by atoms with van der Waals surface area (Å²) >= 11 is 1.56. The van der Waals surface area contributed by atoms with E-state index < -0.39 is 15.2 Å². The molecule has 1 fully saturated rings. The molecule has 8 heteroatoms. The van der Waals surface area contributed by atoms with Crippen molar-refractivity contribution < 1.29 is 13.2 Å². The van der Waals surface area contributed by atoms with Crippen molar-refractivity contribution >= 4 is 33.3 Å². The van der Waals surface area contributed by atoms with Crippen LogP contribution in [0.3, 0.4) is 0 Å². The number of amides is 1. The van der Waals surface area contributed by atoms with Crippen LogP contribution in [0, 0.1) is 0 Å². The van der Waals surface area contributed by atoms with Crippen LogP contribution in [-0.4, -0.2) is 53.4 Å². The molecule has 0 spiro atoms. The average Bonchev–Trinajstić information content (AvgIpc) is 2.47. The maximum Gasteiger partial charge on any atom is 0.256 e. The van der Waals surface area contributed by atoms with Crippen LogP contribution < -0.4 is 5.73 Å². The third-order valence-corrected chi connectivity index (χ3v) is 6.48. The monoisotopic (exact) mass is 315 g/mol. The quantitative estimate of drug-likeness (QED) is 0.878. The molecule has 2 rings (SSSR count). The first kappa shape index (κ1) is 15.1. The molecular formula is C12H17N3O3S2. The summed E-state index contributed by atoms with van der Waals surface area (Å²) in [6.07, 6.45) is 1.38. The Labute approximate surface area is 122 Å². The number of hydrogen-bond donors (Lipinski definition) is 1. The molecule has 1 unspecified atom stereocenters. The zero-order valence-corrected chi connectivity index (χ0v) is 12.8. The van der Waals surface area contributed by atoms with Gasteiger partial charge < -0.3 is 10.6 Å². The summed E-state index contributed by atoms with van der Waals surface area (Å²) in [6, 6.07) is 3.11. The highest BCUT2D eigenvalue weighted by Gasteiger charge is 2.36. The number of hydrogen-bond acceptors (Lipinski definition) is 6. The molecule has 1 atom stereocenters. The van der Waals surface area contributed by atoms with Gasteiger partial charge in [0.05, 0.1) is 5.56 Å². The maximum absolute atomic E-state index is 12.5. The Morgan fingerprint density at radius 1 is 1.55 bits per heavy atom. The first-order valence-corrected chi connectivity index (χ1v) is 9.14. The minimum atomic E-state index is -3.29. The summed E-state index contributed by atoms with van der Waals surface area (Å²) in [5, 5.41) is -0.753. The summed E-state index contributed by atoms with van der Waals surface area (Å²) in [4.78, 5) is 17.8. The highest BCUT2D eigenvalue weighted by atomic mass is 32.2. The molecule has 1 aliphatic heterocycles. The normalized spacial score (nSPS) is 19.9. The molecule has 2 heterocycles. The van der Waals surface area contributed by atoms with Gasteiger partial charge in [0.1, 0.15) is 11.2 Å². The highest BCUT2D eigenvalue weighted by molar-refractivity contribution is 8.01. The standard InChI is InChI=1S/C12H17N3O3S2/c1-2-20(17,18)11-8-19-6-5-15(11)12(16)9-3-4-10(13)14-7-9/h3-4,7,11H,2,5-6,8H2,1H3,(H2,13,14). The first-order valence-electron chi connectivity index (χ1n) is 6.27. The largest absolute Gasteiger partial charge is 0.384 e. The van der Waals surface area contributed by atoms with Gasteiger partial charge in [0.2, 0.25) is 0 Å². The van der Waals surface area contributed by atoms with Gasteiger partial charge in [-0.1, -0.05) is 6.92 Å². The number of anilines is 1. The van der Waals surface area contributed by atoms with E-state index in [1.807, 2.05) is 0 Å². The van der Waals surface area contributed by atoms with Crippen molar-refractivity contribution in [1.29, 1.82) is 0 Å². The number of carbonyl (C=O) groups excluding carboxylic acids is 1. The van der Waals surface area contributed by atoms with Crippen molar-refractivity contribution in [3.63, 3.8) is 0 Å². The lowest BCUT2D eigenvalue weighted by Crippen LogP contribution is -2.50. The van der Waals surface area contributed by atoms with E-state index in [4.69, 9.17) is 5.73 Å². The molecule has 0 aliphatic carbocycles. The average molecular weight is 315 g/mol. The first-order chi connectivity index (χ1) is 9.45. The molecule has 6 nitrogen and oxygen atoms in total. The van der Waals surface area contributed by atoms with Gasteiger partial charge >= 0.3 is 0 Å². The second-order valence-electron chi connectivity index (χ2n) is 4.45. The SMILES string of the molecule is CCS(=O)(=O)C1CSCCN1C(=O)c1ccc(N)nc1. The fraction of sp³-hybridized carbons (Fsp3) is 0.500. The molecule has 2 N–H and O–H groups in total. The highest BCUT2D eigenvalue weighted by Crippen LogP contribution is 2.23. The topological polar surface area (TPSA) is 93.4 Å². The maximum atomic E-state index is 12.5. The van der Waals surface area contributed by atoms with Gasteiger partial charge in [-0.15, -0.1) is 0 Å². The van der Waals surface area contributed by atoms with E-state index in [0.29, 0.717) is 23.7 Å². The van der Waals surface area contributed by atoms with Gasteiger partial charge in [0, 0.05) is 30.0 Å². The molecule has 110 valence electrons. The van der Waals surface area contributed by atoms with Crippen molar-refractivity contribution in [2.24, 2.45) is 0 Å². The minimum absolute atomic E-state index is 0.0298. The van der Waals surface area contributed by atoms with Crippen LogP contribution in [0.15, 0.2) is 18.3 Å². The molecule has 1 aromatic rings. The van der Waals surface area contributed by atoms with Crippen molar-refractivity contribution in [3.05, 3.63) is 23.9 Å². The van der Waals surface area contributed by atoms with Gasteiger partial charge in [0.25, 0.3) is 5.91 Å². The van der Waals surface area contributed by atoms with E-state index in [1.165, 1.54) is 17.2 Å². The van der Waals surface area contributed by atoms with Crippen LogP contribution in [0.4, 0.5) is 5.82 Å². The number of nitrogens with two attached hydrogens (primary N) is 1. The van der Waals surface area contributed by atoms with Gasteiger partial charge in [-0.25, -0.2) is 13.4 Å². The number of aromatic nitrogens is 1. The molecule has 0 radical (unpaired) electrons. The molecule has 0 aromatic carbocycles. The predicted molar refractivity (Wildman–Crippen MR) is 80.3 cm³/mol. The van der Waals surface area contributed by atoms with E-state index >= 15 is 0 Å². The Morgan fingerprint density at radius 2 is 2.30 bits per heavy atom. The van der Waals surface area contributed by atoms with Gasteiger partial charge in [-0.3, -0.25) is 4.79 Å². The second-order valence-corrected chi connectivity index (χ2v) is 8.05. The summed E-state index contributed by atoms with van der Waals surface area (Å²) in [5.74, 6) is 1.21. The zero-order valence-electron chi connectivity index (χ0n) is 11.2. The Bertz CT molecular complexity index is 586. The third-order valence-electron chi connectivity index (χ3n) is 3.20. The van der Waals surface area contributed by atoms with E-state index in [2.05, 4.69) is 4.98 Å². The summed E-state index contributed by atoms with van der Waals surface area (Å²) in [5.41, 5.74) is 5.85. The molecule has 20 heavy (non-hydrogen) atoms. The Kier molecular flexibility index (Phi) is 4.54. The number of nitrogen functional groups attached to an aromatic ring is 1. The lowest BCUT2D eigenvalue weighted by Gasteiger charge is -2.34. The van der Waals surface area contributed by atoms with Gasteiger partial charge in [-0.2, -0.15) is 11.8 Å². The van der Waals surface area contributed by atoms with Crippen molar-refractivity contribution in [2.45, 2.75) is 12.3 Å². The molecule has 1 aliphatic rings. The van der Waals surface area contributed by atoms with Gasteiger partial charge in [0.15, 0.2) is 9.84 Å². The summed E-state index contributed by atoms with van der Waals surface area (Å²) in [7, 11) is -3.29. The third kappa shape index (κ3) is 3.06. The second kappa shape index (κ2) is 6.01. The van der Waals surface area contributed by atoms with Crippen LogP contribution in [0.2, 0.25) is 0 Å². The van der Waals surface area contributed by atoms with Crippen molar-refractivity contribution in [3.8, 4) is 0 Å². The lowest BCUT2D eigenvalue weighted by molar-refractivity contribution is 0.0749. The van der Waals surface area contributed by atoms with E-state index in [-0.39, 0.29) is 11.7 Å². The smallest absolute Gasteiger partial charge is 0.256 e. The Balaban J connectivity index is 2.28. The number of sulfone groups is 1. The molecular weight excluding hydrogens is 298 g/mol. The summed E-state index contributed by atoms with van der Waals surface area (Å²) < 4.78 is 24.2. The number of rotatable bonds is 3. The Hall–Kier alpha value is -1.28. The zero-order chi connectivity index (χ0) is 14.8. The number of carbonyl (C=O) groups is 1. The van der Waals surface area contributed by atoms with Crippen LogP contribution >= 0.6 is 11.8 Å². The minimum Gasteiger partial charge on any atom is -0.384 e. The van der Waals surface area contributed by atoms with Crippen LogP contribution in [0.1, 0.15) is 17.3 Å². The Morgan fingerprint density at radius 3 is 2.90 bits per heavy atom. The predicted octanol–water partition coefficient (Wildman–Crippen LogP) is 0.614. The molecule has 1 amide bonds. The molecule has 0 saturated carbocycles. The summed E-state index contributed by atoms with van der Waals surface area (Å²) in [6.45, 7) is 2.03. The van der Waals surface area contributed by atoms with Crippen LogP contribution in [0.5, 0.6) is 0 Å². The fourth-order valence-electron chi connectivity index (χ4n) is 2.00. The molecule has 1 saturated heterocycles. The van der Waals surface area contributed by atoms with Crippen molar-refractivity contribution in [1.82, 2.24) is 9.88 Å². The number of nitrogens with zero attached hydrogens (tertiary/aromatic N) is 2. The van der Waals surface area contributed by atoms with E-state index in [1.54, 1.807) is 24.8 Å². The lowest BCUT2D eigenvalue weighted by atomic mass is 10.2. The fourth-order valence-corrected chi connectivity index (χ4v) is 4.97. The van der Waals surface area contributed by atoms with E-state index in [0.717, 1.165) is 5.75 Å². The van der Waals surface area contributed by atoms with Crippen molar-refractivity contribution in [2.75, 3.05) is 29.5 Å². The number of pyridine rings is 1. The van der Waals surface area contributed by atoms with Crippen LogP contribution in [-0.2, 0) is 9.84 Å². The molecule has 1 aromatic heterocycles. The van der Waals surface area contributed by atoms with Gasteiger partial charge in [-0.05, 0) is 12.1 Å².